The van der Waals surface area contributed by atoms with Gasteiger partial charge in [-0.05, 0) is 129 Å². The monoisotopic (exact) mass is 1200 g/mol. The lowest BCUT2D eigenvalue weighted by Gasteiger charge is -2.32. The molecular formula is C62H84ClN9O7S3. The van der Waals surface area contributed by atoms with Crippen molar-refractivity contribution in [2.75, 3.05) is 52.5 Å². The number of hydrogen-bond acceptors (Lipinski definition) is 14. The number of amides is 5. The van der Waals surface area contributed by atoms with E-state index in [1.807, 2.05) is 114 Å². The Balaban J connectivity index is 0.000000250. The van der Waals surface area contributed by atoms with Gasteiger partial charge >= 0.3 is 6.09 Å². The molecule has 0 bridgehead atoms. The lowest BCUT2D eigenvalue weighted by Crippen LogP contribution is -2.41. The van der Waals surface area contributed by atoms with Crippen LogP contribution in [0.5, 0.6) is 0 Å². The molecule has 3 aromatic heterocycles. The minimum Gasteiger partial charge on any atom is -0.444 e. The molecule has 4 fully saturated rings. The van der Waals surface area contributed by atoms with Crippen molar-refractivity contribution in [2.45, 2.75) is 131 Å². The maximum absolute atomic E-state index is 12.2. The molecule has 10 rings (SSSR count). The summed E-state index contributed by atoms with van der Waals surface area (Å²) < 4.78 is 10.4. The van der Waals surface area contributed by atoms with Gasteiger partial charge in [0, 0.05) is 57.1 Å². The number of piperidine rings is 3. The summed E-state index contributed by atoms with van der Waals surface area (Å²) in [6.45, 7) is 21.8. The van der Waals surface area contributed by atoms with Crippen LogP contribution in [0.3, 0.4) is 0 Å². The maximum Gasteiger partial charge on any atom is 0.410 e. The minimum absolute atomic E-state index is 0. The van der Waals surface area contributed by atoms with Crippen molar-refractivity contribution in [1.82, 2.24) is 30.1 Å². The lowest BCUT2D eigenvalue weighted by molar-refractivity contribution is -0.127. The number of nitrogens with zero attached hydrogens (tertiary/aromatic N) is 5. The number of likely N-dealkylation sites (tertiary alicyclic amines) is 2. The van der Waals surface area contributed by atoms with Crippen molar-refractivity contribution < 1.29 is 33.4 Å². The molecule has 0 spiro atoms. The van der Waals surface area contributed by atoms with Crippen LogP contribution < -0.4 is 22.5 Å². The van der Waals surface area contributed by atoms with E-state index >= 15 is 0 Å². The molecule has 0 atom stereocenters. The molecule has 20 heteroatoms. The van der Waals surface area contributed by atoms with Gasteiger partial charge in [-0.25, -0.2) is 19.7 Å². The topological polar surface area (TPSA) is 239 Å². The molecule has 7 heterocycles. The Morgan fingerprint density at radius 2 is 0.890 bits per heavy atom. The molecule has 5 amide bonds. The van der Waals surface area contributed by atoms with Gasteiger partial charge in [0.25, 0.3) is 17.7 Å². The fourth-order valence-corrected chi connectivity index (χ4v) is 13.2. The van der Waals surface area contributed by atoms with Gasteiger partial charge in [0.15, 0.2) is 0 Å². The zero-order chi connectivity index (χ0) is 56.8. The van der Waals surface area contributed by atoms with Crippen LogP contribution in [0, 0.1) is 20.8 Å². The van der Waals surface area contributed by atoms with Gasteiger partial charge in [0.2, 0.25) is 5.91 Å². The summed E-state index contributed by atoms with van der Waals surface area (Å²) in [5.74, 6) is -0.593. The number of aryl methyl sites for hydroxylation is 3. The maximum atomic E-state index is 12.2. The van der Waals surface area contributed by atoms with Crippen LogP contribution in [0.1, 0.15) is 168 Å². The van der Waals surface area contributed by atoms with Gasteiger partial charge in [-0.3, -0.25) is 19.2 Å². The van der Waals surface area contributed by atoms with Gasteiger partial charge < -0.3 is 41.8 Å². The summed E-state index contributed by atoms with van der Waals surface area (Å²) in [5, 5.41) is 6.23. The van der Waals surface area contributed by atoms with Gasteiger partial charge in [-0.2, -0.15) is 0 Å². The van der Waals surface area contributed by atoms with E-state index in [0.29, 0.717) is 49.2 Å². The van der Waals surface area contributed by atoms with Crippen molar-refractivity contribution in [2.24, 2.45) is 17.2 Å². The van der Waals surface area contributed by atoms with Crippen LogP contribution in [-0.4, -0.2) is 113 Å². The summed E-state index contributed by atoms with van der Waals surface area (Å²) >= 11 is 4.67. The fraction of sp³-hybridized carbons (Fsp3) is 0.452. The van der Waals surface area contributed by atoms with E-state index in [2.05, 4.69) is 26.8 Å². The molecule has 0 aliphatic carbocycles. The van der Waals surface area contributed by atoms with Crippen LogP contribution in [0.4, 0.5) is 4.79 Å². The Kier molecular flexibility index (Phi) is 26.5. The van der Waals surface area contributed by atoms with Crippen molar-refractivity contribution in [3.63, 3.8) is 0 Å². The molecule has 82 heavy (non-hydrogen) atoms. The third-order valence-corrected chi connectivity index (χ3v) is 17.7. The Morgan fingerprint density at radius 1 is 0.573 bits per heavy atom. The van der Waals surface area contributed by atoms with Crippen LogP contribution in [0.15, 0.2) is 85.5 Å². The number of ether oxygens (including phenoxy) is 2. The predicted molar refractivity (Wildman–Crippen MR) is 337 cm³/mol. The third kappa shape index (κ3) is 18.8. The third-order valence-electron chi connectivity index (χ3n) is 13.9. The number of benzene rings is 3. The number of aromatic nitrogens is 3. The Labute approximate surface area is 503 Å². The first-order valence-electron chi connectivity index (χ1n) is 27.1. The van der Waals surface area contributed by atoms with Crippen molar-refractivity contribution in [1.29, 1.82) is 0 Å². The summed E-state index contributed by atoms with van der Waals surface area (Å²) in [5.41, 5.74) is 23.7. The van der Waals surface area contributed by atoms with Gasteiger partial charge in [-0.1, -0.05) is 111 Å². The van der Waals surface area contributed by atoms with Gasteiger partial charge in [0.1, 0.15) is 22.7 Å². The smallest absolute Gasteiger partial charge is 0.410 e. The minimum atomic E-state index is -0.510. The molecule has 7 N–H and O–H groups in total. The molecule has 444 valence electrons. The summed E-state index contributed by atoms with van der Waals surface area (Å²) in [6.07, 6.45) is 9.01. The van der Waals surface area contributed by atoms with Crippen LogP contribution >= 0.6 is 46.4 Å². The number of hydrogen-bond donors (Lipinski definition) is 4. The molecule has 4 aliphatic rings. The first-order valence-corrected chi connectivity index (χ1v) is 29.5. The highest BCUT2D eigenvalue weighted by molar-refractivity contribution is 7.16. The molecular weight excluding hydrogens is 1110 g/mol. The van der Waals surface area contributed by atoms with Gasteiger partial charge in [-0.15, -0.1) is 46.4 Å². The first kappa shape index (κ1) is 68.2. The zero-order valence-electron chi connectivity index (χ0n) is 46.7. The Bertz CT molecular complexity index is 3030. The fourth-order valence-electron chi connectivity index (χ4n) is 9.43. The first-order chi connectivity index (χ1) is 37.8. The number of carbonyl (C=O) groups is 5. The predicted octanol–water partition coefficient (Wildman–Crippen LogP) is 12.6. The van der Waals surface area contributed by atoms with E-state index in [4.69, 9.17) is 26.7 Å². The zero-order valence-corrected chi connectivity index (χ0v) is 50.0. The number of rotatable bonds is 10. The second-order valence-electron chi connectivity index (χ2n) is 21.3. The number of nitrogens with one attached hydrogen (secondary N) is 1. The molecule has 3 aromatic carbocycles. The second kappa shape index (κ2) is 31.9. The highest BCUT2D eigenvalue weighted by Gasteiger charge is 2.32. The highest BCUT2D eigenvalue weighted by atomic mass is 35.5. The van der Waals surface area contributed by atoms with E-state index < -0.39 is 23.3 Å². The normalized spacial score (nSPS) is 15.5. The summed E-state index contributed by atoms with van der Waals surface area (Å²) in [7, 11) is 0. The van der Waals surface area contributed by atoms with E-state index in [1.54, 1.807) is 21.1 Å². The van der Waals surface area contributed by atoms with E-state index in [0.717, 1.165) is 122 Å². The molecule has 6 aromatic rings. The number of primary amides is 3. The van der Waals surface area contributed by atoms with Crippen LogP contribution in [-0.2, 0) is 14.3 Å². The number of thiazole rings is 3. The van der Waals surface area contributed by atoms with Crippen molar-refractivity contribution in [3.05, 3.63) is 134 Å². The molecule has 4 aliphatic heterocycles. The van der Waals surface area contributed by atoms with Crippen LogP contribution in [0.2, 0.25) is 0 Å². The number of nitrogens with two attached hydrogens (primary N) is 3. The average Bonchev–Trinajstić information content (AvgIpc) is 4.31. The van der Waals surface area contributed by atoms with Crippen LogP contribution in [0.25, 0.3) is 31.3 Å². The second-order valence-corrected chi connectivity index (χ2v) is 24.4. The highest BCUT2D eigenvalue weighted by Crippen LogP contribution is 2.40. The lowest BCUT2D eigenvalue weighted by atomic mass is 9.97. The largest absolute Gasteiger partial charge is 0.444 e. The van der Waals surface area contributed by atoms with E-state index in [9.17, 15) is 24.0 Å². The van der Waals surface area contributed by atoms with Crippen molar-refractivity contribution in [3.8, 4) is 31.3 Å². The molecule has 16 nitrogen and oxygen atoms in total. The van der Waals surface area contributed by atoms with E-state index in [-0.39, 0.29) is 51.1 Å². The summed E-state index contributed by atoms with van der Waals surface area (Å²) in [4.78, 5) is 79.2. The quantitative estimate of drug-likeness (QED) is 0.0941. The molecule has 0 radical (unpaired) electrons. The average molecular weight is 1200 g/mol. The Hall–Kier alpha value is -6.35. The molecule has 0 saturated carbocycles. The van der Waals surface area contributed by atoms with Crippen molar-refractivity contribution >= 4 is 76.1 Å². The SMILES string of the molecule is C.C.C1CCOC1.C=CC(=O)N1CCC(c2nc(C(N)=O)c(-c3ccc(C)cc3)s2)CC1.Cc1ccc(-c2sc(C3CCN(C(=O)OC(C)(C)C)CC3)nc2C(N)=O)cc1.Cc1ccc(-c2sc(C3CCNCC3)nc2C(N)=O)cc1.Cl. The number of halogens is 1. The standard InChI is InChI=1S/C21H27N3O3S.C19H21N3O2S.C16H19N3OS.C4H8O.2CH4.ClH/c1-13-5-7-14(8-6-13)17-16(18(22)25)23-19(28-17)15-9-11-24(12-10-15)20(26)27-21(2,3)4;1-3-15(23)22-10-8-14(9-11-22)19-21-16(18(20)24)17(25-19)13-6-4-12(2)5-7-13;1-10-2-4-11(5-3-10)14-13(15(17)20)19-16(21-14)12-6-8-18-9-7-12;1-2-4-5-3-1;;;/h5-8,15H,9-12H2,1-4H3,(H2,22,25);3-7,14H,1,8-11H2,2H3,(H2,20,24);2-5,12,18H,6-9H2,1H3,(H2,17,20);1-4H2;2*1H4;1H. The molecule has 0 unspecified atom stereocenters. The Morgan fingerprint density at radius 3 is 1.17 bits per heavy atom. The molecule has 4 saturated heterocycles. The number of carbonyl (C=O) groups excluding carboxylic acids is 5. The van der Waals surface area contributed by atoms with Gasteiger partial charge in [0.05, 0.1) is 29.7 Å². The van der Waals surface area contributed by atoms with E-state index in [1.165, 1.54) is 47.2 Å². The summed E-state index contributed by atoms with van der Waals surface area (Å²) in [6, 6.07) is 24.2.